The van der Waals surface area contributed by atoms with E-state index in [0.29, 0.717) is 5.39 Å². The predicted octanol–water partition coefficient (Wildman–Crippen LogP) is 2.38. The number of hydrogen-bond donors (Lipinski definition) is 1. The molecule has 5 heteroatoms. The summed E-state index contributed by atoms with van der Waals surface area (Å²) in [6, 6.07) is 5.07. The van der Waals surface area contributed by atoms with Crippen molar-refractivity contribution in [2.45, 2.75) is 0 Å². The lowest BCUT2D eigenvalue weighted by Gasteiger charge is -2.02. The number of nitro groups is 1. The Morgan fingerprint density at radius 3 is 2.94 bits per heavy atom. The van der Waals surface area contributed by atoms with E-state index in [1.165, 1.54) is 12.3 Å². The first kappa shape index (κ1) is 12.2. The Balaban J connectivity index is 2.57. The van der Waals surface area contributed by atoms with Crippen LogP contribution in [0.15, 0.2) is 36.7 Å². The summed E-state index contributed by atoms with van der Waals surface area (Å²) in [5.41, 5.74) is 1.04. The van der Waals surface area contributed by atoms with Gasteiger partial charge in [0.25, 0.3) is 5.69 Å². The van der Waals surface area contributed by atoms with Crippen molar-refractivity contribution < 1.29 is 4.92 Å². The first-order chi connectivity index (χ1) is 8.74. The molecule has 92 valence electrons. The van der Waals surface area contributed by atoms with E-state index < -0.39 is 0 Å². The number of fused-ring (bicyclic) bond motifs is 1. The third-order valence-electron chi connectivity index (χ3n) is 2.64. The van der Waals surface area contributed by atoms with Crippen LogP contribution in [0, 0.1) is 10.1 Å². The summed E-state index contributed by atoms with van der Waals surface area (Å²) in [6.07, 6.45) is 7.09. The Kier molecular flexibility index (Phi) is 3.64. The lowest BCUT2D eigenvalue weighted by Crippen LogP contribution is -2.03. The van der Waals surface area contributed by atoms with E-state index >= 15 is 0 Å². The second-order valence-corrected chi connectivity index (χ2v) is 3.81. The quantitative estimate of drug-likeness (QED) is 0.661. The molecule has 0 saturated carbocycles. The van der Waals surface area contributed by atoms with E-state index in [2.05, 4.69) is 10.3 Å². The molecule has 0 fully saturated rings. The number of non-ortho nitro benzene ring substituents is 1. The number of nitro benzene ring substituents is 1. The number of nitrogens with one attached hydrogen (secondary N) is 1. The van der Waals surface area contributed by atoms with Gasteiger partial charge in [-0.15, -0.1) is 0 Å². The predicted molar refractivity (Wildman–Crippen MR) is 71.4 cm³/mol. The molecule has 18 heavy (non-hydrogen) atoms. The molecule has 0 aliphatic heterocycles. The molecule has 1 heterocycles. The second-order valence-electron chi connectivity index (χ2n) is 3.81. The van der Waals surface area contributed by atoms with E-state index in [1.54, 1.807) is 18.3 Å². The summed E-state index contributed by atoms with van der Waals surface area (Å²) in [4.78, 5) is 14.5. The summed E-state index contributed by atoms with van der Waals surface area (Å²) in [7, 11) is 1.86. The molecule has 1 aromatic carbocycles. The third-order valence-corrected chi connectivity index (χ3v) is 2.64. The van der Waals surface area contributed by atoms with Gasteiger partial charge >= 0.3 is 0 Å². The van der Waals surface area contributed by atoms with Gasteiger partial charge in [0.15, 0.2) is 0 Å². The molecule has 0 aliphatic rings. The zero-order valence-electron chi connectivity index (χ0n) is 9.96. The Labute approximate surface area is 104 Å². The lowest BCUT2D eigenvalue weighted by atomic mass is 10.0. The van der Waals surface area contributed by atoms with E-state index in [-0.39, 0.29) is 10.6 Å². The third kappa shape index (κ3) is 2.36. The van der Waals surface area contributed by atoms with Crippen molar-refractivity contribution in [1.29, 1.82) is 0 Å². The molecule has 0 unspecified atom stereocenters. The smallest absolute Gasteiger partial charge is 0.278 e. The van der Waals surface area contributed by atoms with Gasteiger partial charge in [0.1, 0.15) is 0 Å². The number of rotatable bonds is 4. The van der Waals surface area contributed by atoms with Gasteiger partial charge < -0.3 is 5.32 Å². The van der Waals surface area contributed by atoms with E-state index in [1.807, 2.05) is 19.2 Å². The van der Waals surface area contributed by atoms with Gasteiger partial charge in [-0.1, -0.05) is 12.2 Å². The fraction of sp³-hybridized carbons (Fsp3) is 0.154. The zero-order valence-corrected chi connectivity index (χ0v) is 9.96. The van der Waals surface area contributed by atoms with Crippen LogP contribution in [0.5, 0.6) is 0 Å². The van der Waals surface area contributed by atoms with Gasteiger partial charge in [-0.3, -0.25) is 15.1 Å². The Morgan fingerprint density at radius 2 is 2.22 bits per heavy atom. The molecule has 1 N–H and O–H groups in total. The normalized spacial score (nSPS) is 11.2. The molecule has 2 rings (SSSR count). The Morgan fingerprint density at radius 1 is 1.39 bits per heavy atom. The van der Waals surface area contributed by atoms with E-state index in [4.69, 9.17) is 0 Å². The molecule has 0 aliphatic carbocycles. The van der Waals surface area contributed by atoms with Crippen LogP contribution in [0.1, 0.15) is 5.56 Å². The molecular weight excluding hydrogens is 230 g/mol. The number of pyridine rings is 1. The van der Waals surface area contributed by atoms with Gasteiger partial charge in [0.2, 0.25) is 0 Å². The number of benzene rings is 1. The van der Waals surface area contributed by atoms with Crippen LogP contribution in [0.2, 0.25) is 0 Å². The highest BCUT2D eigenvalue weighted by Crippen LogP contribution is 2.28. The van der Waals surface area contributed by atoms with Crippen molar-refractivity contribution in [2.75, 3.05) is 13.6 Å². The first-order valence-electron chi connectivity index (χ1n) is 5.56. The van der Waals surface area contributed by atoms with Crippen LogP contribution in [0.25, 0.3) is 16.8 Å². The molecule has 5 nitrogen and oxygen atoms in total. The minimum atomic E-state index is -0.384. The van der Waals surface area contributed by atoms with E-state index in [9.17, 15) is 10.1 Å². The number of likely N-dealkylation sites (N-methyl/N-ethyl adjacent to an activating group) is 1. The number of hydrogen-bond acceptors (Lipinski definition) is 4. The fourth-order valence-electron chi connectivity index (χ4n) is 1.81. The van der Waals surface area contributed by atoms with Gasteiger partial charge in [0.05, 0.1) is 10.3 Å². The topological polar surface area (TPSA) is 68.1 Å². The molecule has 0 bridgehead atoms. The molecule has 1 aromatic heterocycles. The maximum Gasteiger partial charge on any atom is 0.278 e. The SMILES string of the molecule is CNCC=Cc1ccc([N+](=O)[O-])c2cnccc12. The first-order valence-corrected chi connectivity index (χ1v) is 5.56. The molecule has 0 radical (unpaired) electrons. The Bertz CT molecular complexity index is 608. The molecule has 2 aromatic rings. The van der Waals surface area contributed by atoms with Crippen molar-refractivity contribution in [2.24, 2.45) is 0 Å². The molecule has 0 amide bonds. The summed E-state index contributed by atoms with van der Waals surface area (Å²) >= 11 is 0. The fourth-order valence-corrected chi connectivity index (χ4v) is 1.81. The lowest BCUT2D eigenvalue weighted by molar-refractivity contribution is -0.383. The van der Waals surface area contributed by atoms with Gasteiger partial charge in [-0.05, 0) is 30.1 Å². The molecule has 0 spiro atoms. The Hall–Kier alpha value is -2.27. The molecular formula is C13H13N3O2. The van der Waals surface area contributed by atoms with Crippen LogP contribution in [-0.2, 0) is 0 Å². The minimum absolute atomic E-state index is 0.0869. The largest absolute Gasteiger partial charge is 0.316 e. The standard InChI is InChI=1S/C13H13N3O2/c1-14-7-2-3-10-4-5-13(16(17)18)12-9-15-8-6-11(10)12/h2-6,8-9,14H,7H2,1H3. The average molecular weight is 243 g/mol. The van der Waals surface area contributed by atoms with Gasteiger partial charge in [0, 0.05) is 25.0 Å². The van der Waals surface area contributed by atoms with Crippen molar-refractivity contribution in [3.05, 3.63) is 52.3 Å². The van der Waals surface area contributed by atoms with Gasteiger partial charge in [-0.2, -0.15) is 0 Å². The minimum Gasteiger partial charge on any atom is -0.316 e. The van der Waals surface area contributed by atoms with Crippen LogP contribution in [0.4, 0.5) is 5.69 Å². The van der Waals surface area contributed by atoms with Crippen molar-refractivity contribution >= 4 is 22.5 Å². The zero-order chi connectivity index (χ0) is 13.0. The maximum atomic E-state index is 10.9. The monoisotopic (exact) mass is 243 g/mol. The van der Waals surface area contributed by atoms with Crippen LogP contribution in [0.3, 0.4) is 0 Å². The summed E-state index contributed by atoms with van der Waals surface area (Å²) in [5.74, 6) is 0. The average Bonchev–Trinajstić information content (AvgIpc) is 2.38. The molecule has 0 atom stereocenters. The van der Waals surface area contributed by atoms with E-state index in [0.717, 1.165) is 17.5 Å². The summed E-state index contributed by atoms with van der Waals surface area (Å²) < 4.78 is 0. The van der Waals surface area contributed by atoms with Crippen molar-refractivity contribution in [3.63, 3.8) is 0 Å². The van der Waals surface area contributed by atoms with Gasteiger partial charge in [-0.25, -0.2) is 0 Å². The molecule has 0 saturated heterocycles. The number of nitrogens with zero attached hydrogens (tertiary/aromatic N) is 2. The maximum absolute atomic E-state index is 10.9. The van der Waals surface area contributed by atoms with Crippen molar-refractivity contribution in [3.8, 4) is 0 Å². The second kappa shape index (κ2) is 5.37. The number of aromatic nitrogens is 1. The summed E-state index contributed by atoms with van der Waals surface area (Å²) in [6.45, 7) is 0.754. The van der Waals surface area contributed by atoms with Crippen LogP contribution >= 0.6 is 0 Å². The highest BCUT2D eigenvalue weighted by molar-refractivity contribution is 5.96. The van der Waals surface area contributed by atoms with Crippen LogP contribution < -0.4 is 5.32 Å². The highest BCUT2D eigenvalue weighted by Gasteiger charge is 2.12. The summed E-state index contributed by atoms with van der Waals surface area (Å²) in [5, 5.41) is 15.3. The van der Waals surface area contributed by atoms with Crippen LogP contribution in [-0.4, -0.2) is 23.5 Å². The van der Waals surface area contributed by atoms with Crippen molar-refractivity contribution in [1.82, 2.24) is 10.3 Å². The highest BCUT2D eigenvalue weighted by atomic mass is 16.6.